The van der Waals surface area contributed by atoms with E-state index in [1.165, 1.54) is 0 Å². The maximum Gasteiger partial charge on any atom is 0.236 e. The molecule has 2 aromatic carbocycles. The second-order valence-corrected chi connectivity index (χ2v) is 12.1. The molecule has 11 heteroatoms. The van der Waals surface area contributed by atoms with Gasteiger partial charge in [0, 0.05) is 91.3 Å². The number of allylic oxidation sites excluding steroid dienone is 1. The Labute approximate surface area is 267 Å². The summed E-state index contributed by atoms with van der Waals surface area (Å²) in [5, 5.41) is 11.6. The number of rotatable bonds is 7. The molecule has 2 aromatic heterocycles. The molecule has 234 valence electrons. The van der Waals surface area contributed by atoms with Crippen LogP contribution in [0.5, 0.6) is 0 Å². The molecule has 2 saturated heterocycles. The van der Waals surface area contributed by atoms with Crippen LogP contribution in [-0.2, 0) is 9.59 Å². The molecule has 2 N–H and O–H groups in total. The van der Waals surface area contributed by atoms with E-state index in [0.717, 1.165) is 71.0 Å². The maximum atomic E-state index is 13.2. The fourth-order valence-electron chi connectivity index (χ4n) is 6.25. The zero-order chi connectivity index (χ0) is 31.5. The van der Waals surface area contributed by atoms with Crippen molar-refractivity contribution in [1.29, 1.82) is 0 Å². The van der Waals surface area contributed by atoms with Gasteiger partial charge in [0.05, 0.1) is 18.0 Å². The number of benzene rings is 2. The van der Waals surface area contributed by atoms with E-state index < -0.39 is 0 Å². The van der Waals surface area contributed by atoms with Gasteiger partial charge in [0.15, 0.2) is 5.84 Å². The van der Waals surface area contributed by atoms with E-state index in [1.54, 1.807) is 12.4 Å². The molecule has 2 atom stereocenters. The van der Waals surface area contributed by atoms with Crippen molar-refractivity contribution in [3.63, 3.8) is 0 Å². The number of aromatic nitrogens is 3. The number of pyridine rings is 1. The Kier molecular flexibility index (Phi) is 8.39. The molecule has 2 amide bonds. The lowest BCUT2D eigenvalue weighted by atomic mass is 10.1. The summed E-state index contributed by atoms with van der Waals surface area (Å²) in [6.07, 6.45) is 9.95. The number of amidine groups is 1. The van der Waals surface area contributed by atoms with E-state index in [4.69, 9.17) is 0 Å². The van der Waals surface area contributed by atoms with Crippen molar-refractivity contribution in [2.24, 2.45) is 21.8 Å². The molecule has 0 aliphatic carbocycles. The van der Waals surface area contributed by atoms with Gasteiger partial charge in [-0.3, -0.25) is 24.6 Å². The van der Waals surface area contributed by atoms with Gasteiger partial charge in [0.1, 0.15) is 5.69 Å². The van der Waals surface area contributed by atoms with Crippen LogP contribution in [0.1, 0.15) is 18.9 Å². The Balaban J connectivity index is 0.889. The summed E-state index contributed by atoms with van der Waals surface area (Å²) in [6, 6.07) is 17.9. The fourth-order valence-corrected chi connectivity index (χ4v) is 6.25. The molecule has 2 unspecified atom stereocenters. The molecule has 46 heavy (non-hydrogen) atoms. The number of aromatic amines is 1. The Morgan fingerprint density at radius 3 is 2.57 bits per heavy atom. The second kappa shape index (κ2) is 13.1. The molecule has 2 fully saturated rings. The van der Waals surface area contributed by atoms with Crippen molar-refractivity contribution in [3.8, 4) is 11.3 Å². The number of amides is 2. The van der Waals surface area contributed by atoms with Gasteiger partial charge in [-0.25, -0.2) is 9.98 Å². The minimum absolute atomic E-state index is 0.0215. The lowest BCUT2D eigenvalue weighted by Crippen LogP contribution is -2.51. The number of nitrogens with zero attached hydrogens (tertiary/aromatic N) is 7. The minimum Gasteiger partial charge on any atom is -0.368 e. The van der Waals surface area contributed by atoms with Gasteiger partial charge in [0.2, 0.25) is 11.8 Å². The topological polar surface area (TPSA) is 122 Å². The number of carbonyl (C=O) groups is 2. The van der Waals surface area contributed by atoms with Gasteiger partial charge in [-0.2, -0.15) is 5.10 Å². The molecule has 4 aromatic rings. The average molecular weight is 616 g/mol. The van der Waals surface area contributed by atoms with Crippen molar-refractivity contribution < 1.29 is 9.59 Å². The maximum absolute atomic E-state index is 13.2. The summed E-state index contributed by atoms with van der Waals surface area (Å²) in [5.74, 6) is 0.925. The van der Waals surface area contributed by atoms with Crippen LogP contribution in [0.4, 0.5) is 11.4 Å². The van der Waals surface area contributed by atoms with E-state index in [0.29, 0.717) is 26.2 Å². The van der Waals surface area contributed by atoms with Crippen LogP contribution in [0.3, 0.4) is 0 Å². The average Bonchev–Trinajstić information content (AvgIpc) is 3.68. The quantitative estimate of drug-likeness (QED) is 0.321. The number of fused-ring (bicyclic) bond motifs is 1. The molecule has 3 aliphatic heterocycles. The number of hydrogen-bond acceptors (Lipinski definition) is 8. The molecule has 3 aliphatic rings. The molecule has 0 radical (unpaired) electrons. The molecule has 11 nitrogen and oxygen atoms in total. The molecule has 0 spiro atoms. The van der Waals surface area contributed by atoms with Gasteiger partial charge in [-0.1, -0.05) is 13.0 Å². The molecule has 5 heterocycles. The van der Waals surface area contributed by atoms with Crippen molar-refractivity contribution in [3.05, 3.63) is 84.8 Å². The third kappa shape index (κ3) is 6.45. The first-order valence-corrected chi connectivity index (χ1v) is 15.8. The van der Waals surface area contributed by atoms with Gasteiger partial charge in [0.25, 0.3) is 0 Å². The third-order valence-corrected chi connectivity index (χ3v) is 8.93. The van der Waals surface area contributed by atoms with E-state index >= 15 is 0 Å². The smallest absolute Gasteiger partial charge is 0.236 e. The van der Waals surface area contributed by atoms with E-state index in [-0.39, 0.29) is 23.7 Å². The van der Waals surface area contributed by atoms with Crippen LogP contribution in [0.15, 0.2) is 89.3 Å². The van der Waals surface area contributed by atoms with Crippen molar-refractivity contribution in [2.75, 3.05) is 56.0 Å². The van der Waals surface area contributed by atoms with Crippen molar-refractivity contribution in [1.82, 2.24) is 25.0 Å². The predicted octanol–water partition coefficient (Wildman–Crippen LogP) is 4.21. The number of aliphatic imine (C=N–C) groups is 2. The lowest BCUT2D eigenvalue weighted by molar-refractivity contribution is -0.132. The largest absolute Gasteiger partial charge is 0.368 e. The van der Waals surface area contributed by atoms with Crippen LogP contribution in [0.2, 0.25) is 0 Å². The molecule has 0 bridgehead atoms. The number of H-pyrrole nitrogens is 1. The highest BCUT2D eigenvalue weighted by atomic mass is 16.2. The summed E-state index contributed by atoms with van der Waals surface area (Å²) < 4.78 is 0. The van der Waals surface area contributed by atoms with Gasteiger partial charge in [-0.15, -0.1) is 0 Å². The SMILES string of the molecule is CC1C=CN=C(c2ccc(N3CCN(C(=O)CN4CCC(C(=O)Nc5ccc6[nH]nc(-c7ccncc7)c6c5)C4)CC3)cc2)N=C1. The van der Waals surface area contributed by atoms with Crippen LogP contribution >= 0.6 is 0 Å². The molecule has 0 saturated carbocycles. The van der Waals surface area contributed by atoms with Crippen LogP contribution < -0.4 is 10.2 Å². The monoisotopic (exact) mass is 615 g/mol. The normalized spacial score (nSPS) is 20.2. The fraction of sp³-hybridized carbons (Fsp3) is 0.314. The predicted molar refractivity (Wildman–Crippen MR) is 181 cm³/mol. The lowest BCUT2D eigenvalue weighted by Gasteiger charge is -2.36. The Bertz CT molecular complexity index is 1800. The summed E-state index contributed by atoms with van der Waals surface area (Å²) in [6.45, 7) is 6.63. The molecular formula is C35H37N9O2. The van der Waals surface area contributed by atoms with Gasteiger partial charge < -0.3 is 15.1 Å². The first-order valence-electron chi connectivity index (χ1n) is 15.8. The standard InChI is InChI=1S/C35H37N9O2/c1-24-8-14-37-34(38-21-24)26-2-5-29(6-3-26)43-16-18-44(19-17-43)32(45)23-42-15-11-27(22-42)35(46)39-28-4-7-31-30(20-28)33(41-40-31)25-9-12-36-13-10-25/h2-10,12-14,20-21,24,27H,11,15-19,22-23H2,1H3,(H,39,46)(H,40,41). The van der Waals surface area contributed by atoms with Crippen LogP contribution in [0.25, 0.3) is 22.2 Å². The highest BCUT2D eigenvalue weighted by Crippen LogP contribution is 2.29. The third-order valence-electron chi connectivity index (χ3n) is 8.93. The highest BCUT2D eigenvalue weighted by molar-refractivity contribution is 6.04. The van der Waals surface area contributed by atoms with Crippen molar-refractivity contribution in [2.45, 2.75) is 13.3 Å². The Hall–Kier alpha value is -5.16. The Morgan fingerprint density at radius 2 is 1.76 bits per heavy atom. The van der Waals surface area contributed by atoms with Crippen LogP contribution in [0, 0.1) is 11.8 Å². The Morgan fingerprint density at radius 1 is 0.957 bits per heavy atom. The number of hydrogen-bond donors (Lipinski definition) is 2. The van der Waals surface area contributed by atoms with Crippen LogP contribution in [-0.4, -0.2) is 94.7 Å². The highest BCUT2D eigenvalue weighted by Gasteiger charge is 2.31. The van der Waals surface area contributed by atoms with Gasteiger partial charge >= 0.3 is 0 Å². The number of nitrogens with one attached hydrogen (secondary N) is 2. The first-order chi connectivity index (χ1) is 22.5. The second-order valence-electron chi connectivity index (χ2n) is 12.1. The minimum atomic E-state index is -0.165. The zero-order valence-corrected chi connectivity index (χ0v) is 25.8. The summed E-state index contributed by atoms with van der Waals surface area (Å²) >= 11 is 0. The summed E-state index contributed by atoms with van der Waals surface area (Å²) in [4.78, 5) is 45.8. The molecule has 7 rings (SSSR count). The number of carbonyl (C=O) groups excluding carboxylic acids is 2. The van der Waals surface area contributed by atoms with E-state index in [2.05, 4.69) is 71.5 Å². The first kappa shape index (κ1) is 29.5. The summed E-state index contributed by atoms with van der Waals surface area (Å²) in [7, 11) is 0. The number of anilines is 2. The van der Waals surface area contributed by atoms with Gasteiger partial charge in [-0.05, 0) is 67.6 Å². The molecular weight excluding hydrogens is 578 g/mol. The van der Waals surface area contributed by atoms with Crippen molar-refractivity contribution >= 4 is 46.1 Å². The summed E-state index contributed by atoms with van der Waals surface area (Å²) in [5.41, 5.74) is 5.53. The van der Waals surface area contributed by atoms with E-state index in [1.807, 2.05) is 53.7 Å². The number of piperazine rings is 1. The zero-order valence-electron chi connectivity index (χ0n) is 25.8. The van der Waals surface area contributed by atoms with E-state index in [9.17, 15) is 9.59 Å². The number of likely N-dealkylation sites (tertiary alicyclic amines) is 1.